The highest BCUT2D eigenvalue weighted by molar-refractivity contribution is 5.76. The number of aromatic nitrogens is 3. The quantitative estimate of drug-likeness (QED) is 0.627. The van der Waals surface area contributed by atoms with Crippen LogP contribution in [0.3, 0.4) is 0 Å². The van der Waals surface area contributed by atoms with Crippen LogP contribution >= 0.6 is 0 Å². The fraction of sp³-hybridized carbons (Fsp3) is 0.500. The second kappa shape index (κ2) is 9.41. The third kappa shape index (κ3) is 4.42. The van der Waals surface area contributed by atoms with E-state index in [0.29, 0.717) is 18.4 Å². The van der Waals surface area contributed by atoms with Gasteiger partial charge in [0.25, 0.3) is 5.56 Å². The molecule has 3 aromatic rings. The van der Waals surface area contributed by atoms with E-state index in [9.17, 15) is 4.79 Å². The lowest BCUT2D eigenvalue weighted by molar-refractivity contribution is 0.226. The van der Waals surface area contributed by atoms with Crippen molar-refractivity contribution >= 4 is 17.0 Å². The Labute approximate surface area is 189 Å². The molecule has 0 amide bonds. The van der Waals surface area contributed by atoms with Gasteiger partial charge in [-0.15, -0.1) is 0 Å². The van der Waals surface area contributed by atoms with E-state index in [4.69, 9.17) is 4.98 Å². The zero-order chi connectivity index (χ0) is 21.9. The summed E-state index contributed by atoms with van der Waals surface area (Å²) in [6.45, 7) is 5.46. The van der Waals surface area contributed by atoms with Gasteiger partial charge in [0.1, 0.15) is 5.65 Å². The molecule has 2 fully saturated rings. The highest BCUT2D eigenvalue weighted by Gasteiger charge is 2.24. The summed E-state index contributed by atoms with van der Waals surface area (Å²) in [6, 6.07) is 12.8. The van der Waals surface area contributed by atoms with Gasteiger partial charge in [-0.25, -0.2) is 4.98 Å². The van der Waals surface area contributed by atoms with Crippen molar-refractivity contribution in [3.05, 3.63) is 64.1 Å². The van der Waals surface area contributed by atoms with Gasteiger partial charge in [-0.05, 0) is 50.4 Å². The van der Waals surface area contributed by atoms with Crippen molar-refractivity contribution in [1.82, 2.24) is 19.4 Å². The number of fused-ring (bicyclic) bond motifs is 1. The molecule has 5 rings (SSSR count). The van der Waals surface area contributed by atoms with Crippen molar-refractivity contribution in [2.75, 3.05) is 25.0 Å². The molecule has 1 saturated carbocycles. The Bertz CT molecular complexity index is 1120. The standard InChI is InChI=1S/C26H33N5O/c1-2-30-14-8-11-22(18-30)28-26-27-17-21-16-20(15-19-9-4-3-5-10-19)25(32)31(24(21)29-26)23-12-6-7-13-23/h3-5,9-10,16-17,22-23H,2,6-8,11-15,18H2,1H3,(H,27,28,29). The summed E-state index contributed by atoms with van der Waals surface area (Å²) in [4.78, 5) is 25.6. The second-order valence-electron chi connectivity index (χ2n) is 9.29. The molecule has 6 nitrogen and oxygen atoms in total. The normalized spacial score (nSPS) is 20.1. The summed E-state index contributed by atoms with van der Waals surface area (Å²) >= 11 is 0. The maximum Gasteiger partial charge on any atom is 0.256 e. The van der Waals surface area contributed by atoms with E-state index in [-0.39, 0.29) is 11.6 Å². The highest BCUT2D eigenvalue weighted by Crippen LogP contribution is 2.31. The van der Waals surface area contributed by atoms with E-state index in [2.05, 4.69) is 34.3 Å². The first-order chi connectivity index (χ1) is 15.7. The summed E-state index contributed by atoms with van der Waals surface area (Å²) in [5, 5.41) is 4.50. The zero-order valence-electron chi connectivity index (χ0n) is 19.0. The third-order valence-corrected chi connectivity index (χ3v) is 7.06. The lowest BCUT2D eigenvalue weighted by atomic mass is 10.0. The molecule has 1 unspecified atom stereocenters. The van der Waals surface area contributed by atoms with Crippen LogP contribution in [0, 0.1) is 0 Å². The Morgan fingerprint density at radius 3 is 2.69 bits per heavy atom. The predicted molar refractivity (Wildman–Crippen MR) is 129 cm³/mol. The van der Waals surface area contributed by atoms with E-state index in [1.165, 1.54) is 25.8 Å². The van der Waals surface area contributed by atoms with Gasteiger partial charge >= 0.3 is 0 Å². The first-order valence-corrected chi connectivity index (χ1v) is 12.1. The van der Waals surface area contributed by atoms with Gasteiger partial charge in [-0.1, -0.05) is 50.1 Å². The van der Waals surface area contributed by atoms with Gasteiger partial charge in [-0.2, -0.15) is 4.98 Å². The molecule has 3 heterocycles. The van der Waals surface area contributed by atoms with E-state index < -0.39 is 0 Å². The lowest BCUT2D eigenvalue weighted by Gasteiger charge is -2.32. The second-order valence-corrected chi connectivity index (χ2v) is 9.29. The number of pyridine rings is 1. The molecule has 6 heteroatoms. The minimum Gasteiger partial charge on any atom is -0.350 e. The summed E-state index contributed by atoms with van der Waals surface area (Å²) < 4.78 is 1.98. The minimum absolute atomic E-state index is 0.104. The Morgan fingerprint density at radius 1 is 1.09 bits per heavy atom. The Kier molecular flexibility index (Phi) is 6.21. The minimum atomic E-state index is 0.104. The maximum atomic E-state index is 13.6. The molecule has 0 radical (unpaired) electrons. The van der Waals surface area contributed by atoms with Crippen LogP contribution in [0.25, 0.3) is 11.0 Å². The number of nitrogens with one attached hydrogen (secondary N) is 1. The first-order valence-electron chi connectivity index (χ1n) is 12.1. The molecular formula is C26H33N5O. The van der Waals surface area contributed by atoms with Gasteiger partial charge in [0.15, 0.2) is 0 Å². The van der Waals surface area contributed by atoms with Crippen molar-refractivity contribution in [3.63, 3.8) is 0 Å². The fourth-order valence-corrected chi connectivity index (χ4v) is 5.33. The van der Waals surface area contributed by atoms with Crippen LogP contribution in [0.15, 0.2) is 47.4 Å². The monoisotopic (exact) mass is 431 g/mol. The van der Waals surface area contributed by atoms with Crippen LogP contribution in [0.4, 0.5) is 5.95 Å². The van der Waals surface area contributed by atoms with Crippen molar-refractivity contribution in [2.45, 2.75) is 64.0 Å². The van der Waals surface area contributed by atoms with Crippen LogP contribution < -0.4 is 10.9 Å². The van der Waals surface area contributed by atoms with E-state index in [1.54, 1.807) is 0 Å². The van der Waals surface area contributed by atoms with Crippen LogP contribution in [-0.2, 0) is 6.42 Å². The molecule has 1 N–H and O–H groups in total. The number of likely N-dealkylation sites (N-methyl/N-ethyl adjacent to an activating group) is 1. The number of hydrogen-bond donors (Lipinski definition) is 1. The topological polar surface area (TPSA) is 63.1 Å². The van der Waals surface area contributed by atoms with E-state index in [1.807, 2.05) is 35.0 Å². The number of piperidine rings is 1. The smallest absolute Gasteiger partial charge is 0.256 e. The van der Waals surface area contributed by atoms with E-state index >= 15 is 0 Å². The molecule has 2 aromatic heterocycles. The Hall–Kier alpha value is -2.73. The summed E-state index contributed by atoms with van der Waals surface area (Å²) in [6.07, 6.45) is 9.29. The summed E-state index contributed by atoms with van der Waals surface area (Å²) in [5.74, 6) is 0.641. The number of likely N-dealkylation sites (tertiary alicyclic amines) is 1. The average Bonchev–Trinajstić information content (AvgIpc) is 3.35. The molecule has 1 aliphatic carbocycles. The van der Waals surface area contributed by atoms with Gasteiger partial charge in [0.05, 0.1) is 0 Å². The Balaban J connectivity index is 1.52. The zero-order valence-corrected chi connectivity index (χ0v) is 19.0. The number of nitrogens with zero attached hydrogens (tertiary/aromatic N) is 4. The fourth-order valence-electron chi connectivity index (χ4n) is 5.33. The molecule has 0 bridgehead atoms. The average molecular weight is 432 g/mol. The molecule has 1 atom stereocenters. The van der Waals surface area contributed by atoms with Crippen molar-refractivity contribution < 1.29 is 0 Å². The van der Waals surface area contributed by atoms with Gasteiger partial charge in [-0.3, -0.25) is 9.36 Å². The number of benzene rings is 1. The maximum absolute atomic E-state index is 13.6. The number of rotatable bonds is 6. The number of hydrogen-bond acceptors (Lipinski definition) is 5. The highest BCUT2D eigenvalue weighted by atomic mass is 16.1. The lowest BCUT2D eigenvalue weighted by Crippen LogP contribution is -2.42. The van der Waals surface area contributed by atoms with Gasteiger partial charge in [0.2, 0.25) is 5.95 Å². The molecule has 168 valence electrons. The van der Waals surface area contributed by atoms with Crippen molar-refractivity contribution in [2.24, 2.45) is 0 Å². The number of anilines is 1. The van der Waals surface area contributed by atoms with E-state index in [0.717, 1.165) is 54.5 Å². The predicted octanol–water partition coefficient (Wildman–Crippen LogP) is 4.39. The summed E-state index contributed by atoms with van der Waals surface area (Å²) in [7, 11) is 0. The first kappa shape index (κ1) is 21.1. The third-order valence-electron chi connectivity index (χ3n) is 7.06. The van der Waals surface area contributed by atoms with Crippen molar-refractivity contribution in [1.29, 1.82) is 0 Å². The molecular weight excluding hydrogens is 398 g/mol. The molecule has 32 heavy (non-hydrogen) atoms. The SMILES string of the molecule is CCN1CCCC(Nc2ncc3cc(Cc4ccccc4)c(=O)n(C4CCCC4)c3n2)C1. The molecule has 0 spiro atoms. The molecule has 1 saturated heterocycles. The van der Waals surface area contributed by atoms with Crippen molar-refractivity contribution in [3.8, 4) is 0 Å². The Morgan fingerprint density at radius 2 is 1.91 bits per heavy atom. The van der Waals surface area contributed by atoms with Gasteiger partial charge in [0, 0.05) is 42.2 Å². The van der Waals surface area contributed by atoms with Crippen LogP contribution in [0.5, 0.6) is 0 Å². The van der Waals surface area contributed by atoms with Crippen LogP contribution in [0.2, 0.25) is 0 Å². The molecule has 1 aliphatic heterocycles. The summed E-state index contributed by atoms with van der Waals surface area (Å²) in [5.41, 5.74) is 2.86. The van der Waals surface area contributed by atoms with Crippen LogP contribution in [-0.4, -0.2) is 45.1 Å². The largest absolute Gasteiger partial charge is 0.350 e. The van der Waals surface area contributed by atoms with Gasteiger partial charge < -0.3 is 10.2 Å². The van der Waals surface area contributed by atoms with Crippen LogP contribution in [0.1, 0.15) is 62.6 Å². The molecule has 2 aliphatic rings. The molecule has 1 aromatic carbocycles.